The summed E-state index contributed by atoms with van der Waals surface area (Å²) in [6, 6.07) is -0.645. The van der Waals surface area contributed by atoms with E-state index in [0.717, 1.165) is 44.8 Å². The first-order valence-corrected chi connectivity index (χ1v) is 17.9. The van der Waals surface area contributed by atoms with Crippen LogP contribution in [-0.4, -0.2) is 151 Å². The first-order chi connectivity index (χ1) is 22.6. The van der Waals surface area contributed by atoms with E-state index in [-0.39, 0.29) is 30.0 Å². The number of nitrogens with zero attached hydrogens (tertiary/aromatic N) is 3. The highest BCUT2D eigenvalue weighted by Crippen LogP contribution is 2.35. The number of nitrogens with two attached hydrogens (primary N) is 1. The summed E-state index contributed by atoms with van der Waals surface area (Å²) in [5.41, 5.74) is 6.68. The molecule has 12 atom stereocenters. The number of hydrogen-bond acceptors (Lipinski definition) is 12. The van der Waals surface area contributed by atoms with Crippen molar-refractivity contribution < 1.29 is 39.1 Å². The Morgan fingerprint density at radius 3 is 2.17 bits per heavy atom. The molecule has 0 aromatic rings. The van der Waals surface area contributed by atoms with Gasteiger partial charge in [-0.05, 0) is 66.2 Å². The molecule has 0 spiro atoms. The molecule has 0 radical (unpaired) electrons. The van der Waals surface area contributed by atoms with E-state index in [9.17, 15) is 24.9 Å². The number of allylic oxidation sites excluding steroid dienone is 3. The van der Waals surface area contributed by atoms with Crippen LogP contribution in [0.4, 0.5) is 0 Å². The lowest BCUT2D eigenvalue weighted by Gasteiger charge is -2.47. The third-order valence-electron chi connectivity index (χ3n) is 10.6. The predicted octanol–water partition coefficient (Wildman–Crippen LogP) is 1.42. The number of rotatable bonds is 8. The molecule has 2 fully saturated rings. The van der Waals surface area contributed by atoms with Crippen LogP contribution in [-0.2, 0) is 23.8 Å². The monoisotopic (exact) mass is 680 g/mol. The second kappa shape index (κ2) is 19.0. The number of piperazine rings is 1. The third-order valence-corrected chi connectivity index (χ3v) is 10.6. The van der Waals surface area contributed by atoms with Gasteiger partial charge in [-0.3, -0.25) is 14.5 Å². The Balaban J connectivity index is 1.98. The van der Waals surface area contributed by atoms with Gasteiger partial charge in [-0.1, -0.05) is 38.5 Å². The van der Waals surface area contributed by atoms with E-state index >= 15 is 0 Å². The number of aliphatic hydroxyl groups excluding tert-OH is 3. The minimum Gasteiger partial charge on any atom is -0.462 e. The number of cyclic esters (lactones) is 1. The SMILES string of the molecule is CC1=C\[C@H](C)[C@@H](C)OC(=O)C[C@@H](O)[C@H](C)[C@@H](O[C@@H]2O[C@H](C)[C@@H](O)[C@H](N(C)C)[C@H]2O)[C@@H](CCN2CCN(CCN)CC2)C[C@@H](C)C(=O)\C=C\1. The Labute approximate surface area is 288 Å². The molecular weight excluding hydrogens is 616 g/mol. The molecule has 12 nitrogen and oxygen atoms in total. The Hall–Kier alpha value is -1.74. The van der Waals surface area contributed by atoms with E-state index in [1.54, 1.807) is 32.0 Å². The molecule has 0 aromatic carbocycles. The lowest BCUT2D eigenvalue weighted by molar-refractivity contribution is -0.304. The van der Waals surface area contributed by atoms with Crippen molar-refractivity contribution in [3.05, 3.63) is 23.8 Å². The Kier molecular flexibility index (Phi) is 16.1. The van der Waals surface area contributed by atoms with Crippen LogP contribution in [0.5, 0.6) is 0 Å². The summed E-state index contributed by atoms with van der Waals surface area (Å²) in [6.07, 6.45) is 0.221. The van der Waals surface area contributed by atoms with E-state index in [1.807, 2.05) is 46.8 Å². The van der Waals surface area contributed by atoms with Crippen molar-refractivity contribution in [3.63, 3.8) is 0 Å². The first kappa shape index (κ1) is 40.7. The fraction of sp³-hybridized carbons (Fsp3) is 0.833. The van der Waals surface area contributed by atoms with Gasteiger partial charge in [-0.15, -0.1) is 0 Å². The molecule has 0 saturated carbocycles. The van der Waals surface area contributed by atoms with Gasteiger partial charge < -0.3 is 45.1 Å². The summed E-state index contributed by atoms with van der Waals surface area (Å²) in [6.45, 7) is 17.1. The Bertz CT molecular complexity index is 1080. The van der Waals surface area contributed by atoms with Crippen molar-refractivity contribution in [3.8, 4) is 0 Å². The summed E-state index contributed by atoms with van der Waals surface area (Å²) < 4.78 is 18.5. The van der Waals surface area contributed by atoms with Crippen LogP contribution in [0.15, 0.2) is 23.8 Å². The van der Waals surface area contributed by atoms with E-state index in [2.05, 4.69) is 9.80 Å². The molecular formula is C36H64N4O8. The maximum absolute atomic E-state index is 13.5. The Morgan fingerprint density at radius 2 is 1.56 bits per heavy atom. The largest absolute Gasteiger partial charge is 0.462 e. The van der Waals surface area contributed by atoms with Gasteiger partial charge in [0.05, 0.1) is 36.9 Å². The van der Waals surface area contributed by atoms with Gasteiger partial charge in [0, 0.05) is 57.0 Å². The molecule has 5 N–H and O–H groups in total. The van der Waals surface area contributed by atoms with Crippen LogP contribution in [0, 0.1) is 23.7 Å². The highest BCUT2D eigenvalue weighted by Gasteiger charge is 2.47. The Morgan fingerprint density at radius 1 is 0.938 bits per heavy atom. The zero-order valence-electron chi connectivity index (χ0n) is 30.5. The quantitative estimate of drug-likeness (QED) is 0.274. The zero-order chi connectivity index (χ0) is 35.7. The molecule has 2 saturated heterocycles. The molecule has 0 aromatic heterocycles. The second-order valence-electron chi connectivity index (χ2n) is 14.7. The lowest BCUT2D eigenvalue weighted by Crippen LogP contribution is -2.63. The lowest BCUT2D eigenvalue weighted by atomic mass is 9.79. The molecule has 12 heteroatoms. The van der Waals surface area contributed by atoms with Crippen LogP contribution < -0.4 is 5.73 Å². The van der Waals surface area contributed by atoms with Gasteiger partial charge in [0.15, 0.2) is 12.1 Å². The smallest absolute Gasteiger partial charge is 0.308 e. The van der Waals surface area contributed by atoms with Crippen LogP contribution in [0.2, 0.25) is 0 Å². The molecule has 3 rings (SSSR count). The number of ketones is 1. The van der Waals surface area contributed by atoms with Crippen LogP contribution in [0.1, 0.15) is 60.8 Å². The van der Waals surface area contributed by atoms with E-state index < -0.39 is 60.8 Å². The van der Waals surface area contributed by atoms with Crippen LogP contribution in [0.25, 0.3) is 0 Å². The van der Waals surface area contributed by atoms with E-state index in [1.165, 1.54) is 0 Å². The second-order valence-corrected chi connectivity index (χ2v) is 14.7. The third kappa shape index (κ3) is 11.4. The standard InChI is InChI=1S/C36H64N4O8/c1-22-9-10-29(41)24(3)20-28(11-13-39-15-17-40(14-12-37)18-16-39)35(25(4)30(42)21-31(43)46-26(5)23(2)19-22)48-36-34(45)32(38(7)8)33(44)27(6)47-36/h9-10,19,23-28,30,32-36,42,44-45H,11-18,20-21,37H2,1-8H3/b10-9+,22-19+/t23-,24+,25-,26+,27+,28-,30+,32-,33+,34+,35+,36-/m0/s1. The fourth-order valence-electron chi connectivity index (χ4n) is 7.23. The highest BCUT2D eigenvalue weighted by molar-refractivity contribution is 5.91. The van der Waals surface area contributed by atoms with Gasteiger partial charge >= 0.3 is 5.97 Å². The van der Waals surface area contributed by atoms with Crippen molar-refractivity contribution in [1.29, 1.82) is 0 Å². The normalized spacial score (nSPS) is 40.7. The van der Waals surface area contributed by atoms with Crippen molar-refractivity contribution in [2.24, 2.45) is 29.4 Å². The average Bonchev–Trinajstić information content (AvgIpc) is 3.02. The van der Waals surface area contributed by atoms with Gasteiger partial charge in [-0.2, -0.15) is 0 Å². The number of likely N-dealkylation sites (N-methyl/N-ethyl adjacent to an activating group) is 1. The molecule has 3 aliphatic heterocycles. The van der Waals surface area contributed by atoms with E-state index in [0.29, 0.717) is 19.4 Å². The van der Waals surface area contributed by atoms with Gasteiger partial charge in [0.1, 0.15) is 12.2 Å². The molecule has 0 aliphatic carbocycles. The summed E-state index contributed by atoms with van der Waals surface area (Å²) >= 11 is 0. The summed E-state index contributed by atoms with van der Waals surface area (Å²) in [5, 5.41) is 33.8. The number of esters is 1. The number of carbonyl (C=O) groups excluding carboxylic acids is 2. The zero-order valence-corrected chi connectivity index (χ0v) is 30.5. The predicted molar refractivity (Wildman–Crippen MR) is 185 cm³/mol. The van der Waals surface area contributed by atoms with Crippen LogP contribution >= 0.6 is 0 Å². The van der Waals surface area contributed by atoms with Gasteiger partial charge in [0.25, 0.3) is 0 Å². The molecule has 0 unspecified atom stereocenters. The summed E-state index contributed by atoms with van der Waals surface area (Å²) in [4.78, 5) is 33.1. The number of ether oxygens (including phenoxy) is 3. The highest BCUT2D eigenvalue weighted by atomic mass is 16.7. The number of hydrogen-bond donors (Lipinski definition) is 4. The molecule has 276 valence electrons. The molecule has 3 aliphatic rings. The number of carbonyl (C=O) groups is 2. The van der Waals surface area contributed by atoms with Crippen molar-refractivity contribution >= 4 is 11.8 Å². The molecule has 0 bridgehead atoms. The van der Waals surface area contributed by atoms with Crippen molar-refractivity contribution in [2.45, 2.75) is 110 Å². The minimum absolute atomic E-state index is 0.00677. The summed E-state index contributed by atoms with van der Waals surface area (Å²) in [5.74, 6) is -1.78. The van der Waals surface area contributed by atoms with Crippen molar-refractivity contribution in [1.82, 2.24) is 14.7 Å². The average molecular weight is 681 g/mol. The summed E-state index contributed by atoms with van der Waals surface area (Å²) in [7, 11) is 3.57. The molecule has 3 heterocycles. The van der Waals surface area contributed by atoms with Crippen molar-refractivity contribution in [2.75, 3.05) is 59.9 Å². The molecule has 0 amide bonds. The van der Waals surface area contributed by atoms with Gasteiger partial charge in [-0.25, -0.2) is 0 Å². The maximum Gasteiger partial charge on any atom is 0.308 e. The molecule has 48 heavy (non-hydrogen) atoms. The number of aliphatic hydroxyl groups is 3. The van der Waals surface area contributed by atoms with Crippen LogP contribution in [0.3, 0.4) is 0 Å². The topological polar surface area (TPSA) is 158 Å². The fourth-order valence-corrected chi connectivity index (χ4v) is 7.23. The minimum atomic E-state index is -1.18. The van der Waals surface area contributed by atoms with Gasteiger partial charge in [0.2, 0.25) is 0 Å². The first-order valence-electron chi connectivity index (χ1n) is 17.9. The van der Waals surface area contributed by atoms with E-state index in [4.69, 9.17) is 19.9 Å². The maximum atomic E-state index is 13.5.